The highest BCUT2D eigenvalue weighted by atomic mass is 15.3. The molecule has 2 N–H and O–H groups in total. The second-order valence-corrected chi connectivity index (χ2v) is 6.98. The van der Waals surface area contributed by atoms with E-state index in [0.717, 1.165) is 50.7 Å². The van der Waals surface area contributed by atoms with Crippen LogP contribution >= 0.6 is 0 Å². The zero-order chi connectivity index (χ0) is 19.1. The summed E-state index contributed by atoms with van der Waals surface area (Å²) in [6.45, 7) is 4.67. The number of rotatable bonds is 4. The number of aromatic nitrogens is 5. The van der Waals surface area contributed by atoms with Crippen LogP contribution in [0.5, 0.6) is 0 Å². The predicted octanol–water partition coefficient (Wildman–Crippen LogP) is 4.50. The van der Waals surface area contributed by atoms with Crippen LogP contribution in [-0.4, -0.2) is 24.6 Å². The molecule has 0 aliphatic heterocycles. The number of hydrogen-bond acceptors (Lipinski definition) is 4. The third-order valence-electron chi connectivity index (χ3n) is 4.86. The number of imidazole rings is 1. The molecule has 0 radical (unpaired) electrons. The molecular weight excluding hydrogens is 348 g/mol. The lowest BCUT2D eigenvalue weighted by Crippen LogP contribution is -2.07. The molecule has 2 aromatic carbocycles. The number of aryl methyl sites for hydroxylation is 2. The van der Waals surface area contributed by atoms with E-state index in [1.165, 1.54) is 0 Å². The number of H-pyrrole nitrogens is 1. The minimum Gasteiger partial charge on any atom is -0.366 e. The van der Waals surface area contributed by atoms with Crippen molar-refractivity contribution in [1.29, 1.82) is 0 Å². The number of anilines is 1. The van der Waals surface area contributed by atoms with Gasteiger partial charge < -0.3 is 10.3 Å². The maximum absolute atomic E-state index is 4.81. The summed E-state index contributed by atoms with van der Waals surface area (Å²) < 4.78 is 1.86. The van der Waals surface area contributed by atoms with Gasteiger partial charge in [0.2, 0.25) is 0 Å². The lowest BCUT2D eigenvalue weighted by molar-refractivity contribution is 0.927. The molecule has 28 heavy (non-hydrogen) atoms. The van der Waals surface area contributed by atoms with E-state index in [1.54, 1.807) is 0 Å². The fraction of sp³-hybridized carbons (Fsp3) is 0.136. The summed E-state index contributed by atoms with van der Waals surface area (Å²) >= 11 is 0. The molecule has 138 valence electrons. The molecule has 3 heterocycles. The smallest absolute Gasteiger partial charge is 0.160 e. The van der Waals surface area contributed by atoms with E-state index in [4.69, 9.17) is 4.98 Å². The van der Waals surface area contributed by atoms with Crippen LogP contribution in [0.1, 0.15) is 17.0 Å². The van der Waals surface area contributed by atoms with Crippen LogP contribution in [0.25, 0.3) is 27.9 Å². The quantitative estimate of drug-likeness (QED) is 0.490. The van der Waals surface area contributed by atoms with Crippen LogP contribution in [0.15, 0.2) is 60.8 Å². The largest absolute Gasteiger partial charge is 0.366 e. The summed E-state index contributed by atoms with van der Waals surface area (Å²) in [5.74, 6) is 1.84. The molecule has 0 aliphatic rings. The van der Waals surface area contributed by atoms with Gasteiger partial charge in [-0.05, 0) is 31.5 Å². The van der Waals surface area contributed by atoms with Crippen LogP contribution in [0.3, 0.4) is 0 Å². The van der Waals surface area contributed by atoms with Gasteiger partial charge in [-0.25, -0.2) is 9.97 Å². The Hall–Kier alpha value is -3.67. The minimum atomic E-state index is 0.675. The summed E-state index contributed by atoms with van der Waals surface area (Å²) in [5, 5.41) is 8.01. The predicted molar refractivity (Wildman–Crippen MR) is 111 cm³/mol. The molecule has 0 atom stereocenters. The molecular formula is C22H20N6. The standard InChI is InChI=1S/C22H20N6/c1-14-12-24-28-21(11-19(27-22(14)28)17-6-4-3-5-7-17)23-13-16-8-9-18-20(10-16)26-15(2)25-18/h3-12,23H,13H2,1-2H3,(H,25,26). The molecule has 5 aromatic rings. The molecule has 0 bridgehead atoms. The number of fused-ring (bicyclic) bond motifs is 2. The van der Waals surface area contributed by atoms with Crippen molar-refractivity contribution in [3.63, 3.8) is 0 Å². The summed E-state index contributed by atoms with van der Waals surface area (Å²) in [6, 6.07) is 18.5. The van der Waals surface area contributed by atoms with Gasteiger partial charge in [0.25, 0.3) is 0 Å². The normalized spacial score (nSPS) is 11.4. The molecule has 0 saturated heterocycles. The van der Waals surface area contributed by atoms with Crippen LogP contribution in [0.2, 0.25) is 0 Å². The van der Waals surface area contributed by atoms with Crippen molar-refractivity contribution in [2.45, 2.75) is 20.4 Å². The van der Waals surface area contributed by atoms with Gasteiger partial charge in [-0.15, -0.1) is 0 Å². The highest BCUT2D eigenvalue weighted by Gasteiger charge is 2.11. The van der Waals surface area contributed by atoms with Crippen molar-refractivity contribution in [3.05, 3.63) is 77.7 Å². The van der Waals surface area contributed by atoms with Crippen molar-refractivity contribution in [3.8, 4) is 11.3 Å². The number of nitrogens with zero attached hydrogens (tertiary/aromatic N) is 4. The van der Waals surface area contributed by atoms with Gasteiger partial charge in [0.1, 0.15) is 11.6 Å². The molecule has 6 nitrogen and oxygen atoms in total. The van der Waals surface area contributed by atoms with Gasteiger partial charge in [0, 0.05) is 23.7 Å². The Morgan fingerprint density at radius 3 is 2.71 bits per heavy atom. The Morgan fingerprint density at radius 1 is 1.00 bits per heavy atom. The molecule has 6 heteroatoms. The fourth-order valence-electron chi connectivity index (χ4n) is 3.44. The zero-order valence-electron chi connectivity index (χ0n) is 15.8. The average molecular weight is 368 g/mol. The first-order chi connectivity index (χ1) is 13.7. The van der Waals surface area contributed by atoms with Gasteiger partial charge in [0.15, 0.2) is 5.65 Å². The Labute approximate surface area is 162 Å². The Balaban J connectivity index is 1.51. The first-order valence-electron chi connectivity index (χ1n) is 9.27. The first-order valence-corrected chi connectivity index (χ1v) is 9.27. The van der Waals surface area contributed by atoms with Crippen molar-refractivity contribution in [2.24, 2.45) is 0 Å². The van der Waals surface area contributed by atoms with Gasteiger partial charge in [-0.3, -0.25) is 0 Å². The van der Waals surface area contributed by atoms with E-state index in [9.17, 15) is 0 Å². The molecule has 0 spiro atoms. The number of hydrogen-bond donors (Lipinski definition) is 2. The van der Waals surface area contributed by atoms with E-state index in [-0.39, 0.29) is 0 Å². The summed E-state index contributed by atoms with van der Waals surface area (Å²) in [6.07, 6.45) is 1.85. The highest BCUT2D eigenvalue weighted by Crippen LogP contribution is 2.24. The van der Waals surface area contributed by atoms with Gasteiger partial charge in [-0.1, -0.05) is 36.4 Å². The van der Waals surface area contributed by atoms with Crippen molar-refractivity contribution < 1.29 is 0 Å². The van der Waals surface area contributed by atoms with Crippen molar-refractivity contribution in [1.82, 2.24) is 24.6 Å². The Kier molecular flexibility index (Phi) is 3.83. The third kappa shape index (κ3) is 2.89. The number of nitrogens with one attached hydrogen (secondary N) is 2. The van der Waals surface area contributed by atoms with Gasteiger partial charge in [0.05, 0.1) is 22.9 Å². The highest BCUT2D eigenvalue weighted by molar-refractivity contribution is 5.76. The average Bonchev–Trinajstić information content (AvgIpc) is 3.28. The van der Waals surface area contributed by atoms with Crippen LogP contribution < -0.4 is 5.32 Å². The second kappa shape index (κ2) is 6.49. The summed E-state index contributed by atoms with van der Waals surface area (Å²) in [5.41, 5.74) is 7.13. The molecule has 0 saturated carbocycles. The van der Waals surface area contributed by atoms with E-state index < -0.39 is 0 Å². The SMILES string of the molecule is Cc1nc2cc(CNc3cc(-c4ccccc4)nc4c(C)cnn34)ccc2[nH]1. The van der Waals surface area contributed by atoms with E-state index >= 15 is 0 Å². The van der Waals surface area contributed by atoms with E-state index in [2.05, 4.69) is 50.7 Å². The lowest BCUT2D eigenvalue weighted by Gasteiger charge is -2.11. The van der Waals surface area contributed by atoms with Gasteiger partial charge >= 0.3 is 0 Å². The molecule has 0 fully saturated rings. The molecule has 0 amide bonds. The number of aromatic amines is 1. The Morgan fingerprint density at radius 2 is 1.86 bits per heavy atom. The van der Waals surface area contributed by atoms with Crippen LogP contribution in [0.4, 0.5) is 5.82 Å². The zero-order valence-corrected chi connectivity index (χ0v) is 15.8. The lowest BCUT2D eigenvalue weighted by atomic mass is 10.1. The topological polar surface area (TPSA) is 70.9 Å². The summed E-state index contributed by atoms with van der Waals surface area (Å²) in [4.78, 5) is 12.6. The molecule has 5 rings (SSSR count). The summed E-state index contributed by atoms with van der Waals surface area (Å²) in [7, 11) is 0. The minimum absolute atomic E-state index is 0.675. The maximum Gasteiger partial charge on any atom is 0.160 e. The van der Waals surface area contributed by atoms with Crippen molar-refractivity contribution >= 4 is 22.5 Å². The number of benzene rings is 2. The van der Waals surface area contributed by atoms with E-state index in [0.29, 0.717) is 6.54 Å². The monoisotopic (exact) mass is 368 g/mol. The second-order valence-electron chi connectivity index (χ2n) is 6.98. The van der Waals surface area contributed by atoms with E-state index in [1.807, 2.05) is 48.8 Å². The first kappa shape index (κ1) is 16.5. The van der Waals surface area contributed by atoms with Crippen LogP contribution in [-0.2, 0) is 6.54 Å². The maximum atomic E-state index is 4.81. The fourth-order valence-corrected chi connectivity index (χ4v) is 3.44. The Bertz CT molecular complexity index is 1280. The molecule has 0 aliphatic carbocycles. The van der Waals surface area contributed by atoms with Crippen LogP contribution in [0, 0.1) is 13.8 Å². The van der Waals surface area contributed by atoms with Crippen molar-refractivity contribution in [2.75, 3.05) is 5.32 Å². The molecule has 3 aromatic heterocycles. The van der Waals surface area contributed by atoms with Gasteiger partial charge in [-0.2, -0.15) is 9.61 Å². The third-order valence-corrected chi connectivity index (χ3v) is 4.86. The molecule has 0 unspecified atom stereocenters.